The van der Waals surface area contributed by atoms with E-state index >= 15 is 0 Å². The number of ether oxygens (including phenoxy) is 4. The second-order valence-corrected chi connectivity index (χ2v) is 5.64. The highest BCUT2D eigenvalue weighted by Gasteiger charge is 2.64. The molecule has 2 aliphatic rings. The number of methoxy groups -OCH3 is 2. The van der Waals surface area contributed by atoms with Crippen LogP contribution in [0.4, 0.5) is 4.79 Å². The highest BCUT2D eigenvalue weighted by atomic mass is 16.7. The Balaban J connectivity index is 2.19. The summed E-state index contributed by atoms with van der Waals surface area (Å²) in [7, 11) is 2.84. The molecule has 1 N–H and O–H groups in total. The van der Waals surface area contributed by atoms with Crippen LogP contribution in [0.25, 0.3) is 0 Å². The highest BCUT2D eigenvalue weighted by Crippen LogP contribution is 2.43. The van der Waals surface area contributed by atoms with Crippen LogP contribution in [0, 0.1) is 0 Å². The molecule has 0 aromatic heterocycles. The van der Waals surface area contributed by atoms with Gasteiger partial charge in [-0.05, 0) is 20.8 Å². The lowest BCUT2D eigenvalue weighted by molar-refractivity contribution is -0.195. The van der Waals surface area contributed by atoms with E-state index in [2.05, 4.69) is 5.32 Å². The van der Waals surface area contributed by atoms with Gasteiger partial charge in [-0.3, -0.25) is 10.1 Å². The van der Waals surface area contributed by atoms with Crippen molar-refractivity contribution in [3.63, 3.8) is 0 Å². The van der Waals surface area contributed by atoms with Crippen molar-refractivity contribution in [2.24, 2.45) is 0 Å². The van der Waals surface area contributed by atoms with Crippen LogP contribution in [-0.2, 0) is 23.7 Å². The molecule has 0 bridgehead atoms. The summed E-state index contributed by atoms with van der Waals surface area (Å²) in [5.41, 5.74) is -0.467. The Labute approximate surface area is 117 Å². The van der Waals surface area contributed by atoms with E-state index in [1.54, 1.807) is 20.8 Å². The van der Waals surface area contributed by atoms with E-state index in [1.165, 1.54) is 20.3 Å². The van der Waals surface area contributed by atoms with Crippen molar-refractivity contribution >= 4 is 11.9 Å². The molecule has 0 aromatic carbocycles. The molecule has 1 fully saturated rings. The van der Waals surface area contributed by atoms with E-state index in [0.29, 0.717) is 0 Å². The van der Waals surface area contributed by atoms with Crippen molar-refractivity contribution in [1.82, 2.24) is 5.32 Å². The number of carbonyl (C=O) groups is 2. The van der Waals surface area contributed by atoms with Gasteiger partial charge >= 0.3 is 6.09 Å². The van der Waals surface area contributed by atoms with Crippen LogP contribution in [-0.4, -0.2) is 49.7 Å². The number of fused-ring (bicyclic) bond motifs is 1. The van der Waals surface area contributed by atoms with Crippen molar-refractivity contribution in [3.05, 3.63) is 11.8 Å². The Bertz CT molecular complexity index is 460. The molecule has 0 spiro atoms. The second-order valence-electron chi connectivity index (χ2n) is 5.64. The fourth-order valence-electron chi connectivity index (χ4n) is 2.17. The van der Waals surface area contributed by atoms with Gasteiger partial charge in [-0.25, -0.2) is 4.79 Å². The highest BCUT2D eigenvalue weighted by molar-refractivity contribution is 5.98. The molecule has 1 aliphatic carbocycles. The molecule has 2 rings (SSSR count). The van der Waals surface area contributed by atoms with Gasteiger partial charge in [0.25, 0.3) is 0 Å². The van der Waals surface area contributed by atoms with Crippen LogP contribution in [0.2, 0.25) is 0 Å². The molecule has 112 valence electrons. The number of amides is 1. The number of nitrogens with one attached hydrogen (secondary N) is 1. The second kappa shape index (κ2) is 4.83. The molecule has 1 saturated heterocycles. The van der Waals surface area contributed by atoms with Gasteiger partial charge in [0.05, 0.1) is 5.70 Å². The van der Waals surface area contributed by atoms with Crippen molar-refractivity contribution in [3.8, 4) is 0 Å². The van der Waals surface area contributed by atoms with Gasteiger partial charge in [0.1, 0.15) is 5.60 Å². The van der Waals surface area contributed by atoms with Crippen molar-refractivity contribution in [2.45, 2.75) is 44.4 Å². The zero-order chi connectivity index (χ0) is 15.1. The summed E-state index contributed by atoms with van der Waals surface area (Å²) in [5.74, 6) is -1.53. The molecule has 7 nitrogen and oxygen atoms in total. The molecular weight excluding hydrogens is 266 g/mol. The summed E-state index contributed by atoms with van der Waals surface area (Å²) in [6.07, 6.45) is -0.557. The molecule has 1 aliphatic heterocycles. The molecule has 0 saturated carbocycles. The zero-order valence-electron chi connectivity index (χ0n) is 12.2. The number of hydrogen-bond acceptors (Lipinski definition) is 6. The Hall–Kier alpha value is -1.44. The van der Waals surface area contributed by atoms with Gasteiger partial charge in [-0.15, -0.1) is 0 Å². The summed E-state index contributed by atoms with van der Waals surface area (Å²) in [6.45, 7) is 5.23. The van der Waals surface area contributed by atoms with Crippen LogP contribution in [0.5, 0.6) is 0 Å². The van der Waals surface area contributed by atoms with Crippen molar-refractivity contribution in [1.29, 1.82) is 0 Å². The van der Waals surface area contributed by atoms with Crippen LogP contribution < -0.4 is 5.32 Å². The Kier molecular flexibility index (Phi) is 3.62. The van der Waals surface area contributed by atoms with Gasteiger partial charge in [0.15, 0.2) is 18.0 Å². The summed E-state index contributed by atoms with van der Waals surface area (Å²) in [4.78, 5) is 23.6. The van der Waals surface area contributed by atoms with Gasteiger partial charge in [0.2, 0.25) is 5.79 Å². The average Bonchev–Trinajstić information content (AvgIpc) is 3.09. The van der Waals surface area contributed by atoms with Gasteiger partial charge in [-0.1, -0.05) is 0 Å². The first-order valence-corrected chi connectivity index (χ1v) is 6.25. The van der Waals surface area contributed by atoms with Crippen molar-refractivity contribution in [2.75, 3.05) is 14.2 Å². The maximum atomic E-state index is 11.8. The third-order valence-electron chi connectivity index (χ3n) is 3.05. The Morgan fingerprint density at radius 3 is 2.45 bits per heavy atom. The van der Waals surface area contributed by atoms with E-state index in [0.717, 1.165) is 0 Å². The van der Waals surface area contributed by atoms with E-state index in [9.17, 15) is 9.59 Å². The SMILES string of the molecule is COC1(OC)C(NC(=O)OC(C)(C)C)=CC(=O)C2OC21. The lowest BCUT2D eigenvalue weighted by Crippen LogP contribution is -2.52. The van der Waals surface area contributed by atoms with Crippen LogP contribution >= 0.6 is 0 Å². The summed E-state index contributed by atoms with van der Waals surface area (Å²) < 4.78 is 21.1. The third-order valence-corrected chi connectivity index (χ3v) is 3.05. The fraction of sp³-hybridized carbons (Fsp3) is 0.692. The van der Waals surface area contributed by atoms with Gasteiger partial charge in [0, 0.05) is 20.3 Å². The standard InChI is InChI=1S/C13H19NO6/c1-12(2,3)20-11(16)14-8-6-7(15)9-10(19-9)13(8,17-4)18-5/h6,9-10H,1-5H3,(H,14,16). The summed E-state index contributed by atoms with van der Waals surface area (Å²) in [5, 5.41) is 2.50. The van der Waals surface area contributed by atoms with Gasteiger partial charge in [-0.2, -0.15) is 0 Å². The number of carbonyl (C=O) groups excluding carboxylic acids is 2. The monoisotopic (exact) mass is 285 g/mol. The third kappa shape index (κ3) is 2.56. The molecule has 1 amide bonds. The quantitative estimate of drug-likeness (QED) is 0.608. The predicted molar refractivity (Wildman–Crippen MR) is 67.9 cm³/mol. The van der Waals surface area contributed by atoms with Crippen LogP contribution in [0.15, 0.2) is 11.8 Å². The smallest absolute Gasteiger partial charge is 0.412 e. The minimum Gasteiger partial charge on any atom is -0.444 e. The number of hydrogen-bond donors (Lipinski definition) is 1. The number of rotatable bonds is 3. The normalized spacial score (nSPS) is 27.4. The predicted octanol–water partition coefficient (Wildman–Crippen LogP) is 0.734. The zero-order valence-corrected chi connectivity index (χ0v) is 12.2. The molecule has 0 aromatic rings. The first kappa shape index (κ1) is 15.0. The average molecular weight is 285 g/mol. The fourth-order valence-corrected chi connectivity index (χ4v) is 2.17. The molecule has 1 heterocycles. The summed E-state index contributed by atoms with van der Waals surface area (Å²) in [6, 6.07) is 0. The van der Waals surface area contributed by atoms with Crippen LogP contribution in [0.3, 0.4) is 0 Å². The number of alkyl carbamates (subject to hydrolysis) is 1. The maximum absolute atomic E-state index is 11.8. The van der Waals surface area contributed by atoms with Crippen molar-refractivity contribution < 1.29 is 28.5 Å². The molecule has 2 atom stereocenters. The maximum Gasteiger partial charge on any atom is 0.412 e. The Morgan fingerprint density at radius 2 is 1.95 bits per heavy atom. The summed E-state index contributed by atoms with van der Waals surface area (Å²) >= 11 is 0. The molecule has 0 radical (unpaired) electrons. The van der Waals surface area contributed by atoms with E-state index < -0.39 is 29.7 Å². The lowest BCUT2D eigenvalue weighted by atomic mass is 9.96. The minimum atomic E-state index is -1.30. The van der Waals surface area contributed by atoms with Crippen LogP contribution in [0.1, 0.15) is 20.8 Å². The number of epoxide rings is 1. The lowest BCUT2D eigenvalue weighted by Gasteiger charge is -2.33. The van der Waals surface area contributed by atoms with E-state index in [4.69, 9.17) is 18.9 Å². The molecule has 7 heteroatoms. The molecular formula is C13H19NO6. The topological polar surface area (TPSA) is 86.4 Å². The largest absolute Gasteiger partial charge is 0.444 e. The first-order chi connectivity index (χ1) is 9.23. The molecule has 20 heavy (non-hydrogen) atoms. The Morgan fingerprint density at radius 1 is 1.35 bits per heavy atom. The van der Waals surface area contributed by atoms with E-state index in [1.807, 2.05) is 0 Å². The number of ketones is 1. The minimum absolute atomic E-state index is 0.181. The van der Waals surface area contributed by atoms with Gasteiger partial charge < -0.3 is 18.9 Å². The first-order valence-electron chi connectivity index (χ1n) is 6.25. The molecule has 2 unspecified atom stereocenters. The van der Waals surface area contributed by atoms with E-state index in [-0.39, 0.29) is 11.5 Å².